The fraction of sp³-hybridized carbons (Fsp3) is 0.933. The Morgan fingerprint density at radius 1 is 1.22 bits per heavy atom. The van der Waals surface area contributed by atoms with Crippen LogP contribution in [0.25, 0.3) is 0 Å². The summed E-state index contributed by atoms with van der Waals surface area (Å²) < 4.78 is 0. The Bertz CT molecular complexity index is 374. The van der Waals surface area contributed by atoms with Crippen molar-refractivity contribution in [2.24, 2.45) is 27.9 Å². The number of hydrogen-bond acceptors (Lipinski definition) is 2. The average molecular weight is 251 g/mol. The summed E-state index contributed by atoms with van der Waals surface area (Å²) in [5.74, 6) is 0.248. The molecule has 3 heteroatoms. The van der Waals surface area contributed by atoms with Crippen molar-refractivity contribution in [2.45, 2.75) is 64.9 Å². The van der Waals surface area contributed by atoms with E-state index >= 15 is 0 Å². The lowest BCUT2D eigenvalue weighted by atomic mass is 9.39. The molecule has 5 atom stereocenters. The van der Waals surface area contributed by atoms with Crippen LogP contribution in [0.5, 0.6) is 0 Å². The quantitative estimate of drug-likeness (QED) is 0.808. The third-order valence-corrected chi connectivity index (χ3v) is 5.70. The summed E-state index contributed by atoms with van der Waals surface area (Å²) in [6.07, 6.45) is 7.20. The molecule has 4 saturated carbocycles. The summed E-state index contributed by atoms with van der Waals surface area (Å²) in [7, 11) is 0. The van der Waals surface area contributed by atoms with Gasteiger partial charge in [-0.2, -0.15) is 0 Å². The molecule has 0 aliphatic heterocycles. The highest BCUT2D eigenvalue weighted by Crippen LogP contribution is 2.70. The van der Waals surface area contributed by atoms with Crippen molar-refractivity contribution in [3.8, 4) is 0 Å². The SMILES string of the molecule is C[C@]12CC3CC(CC(O)C(N)=O)(C1)C[C@@](C)(C3)C2. The van der Waals surface area contributed by atoms with Gasteiger partial charge in [-0.1, -0.05) is 13.8 Å². The lowest BCUT2D eigenvalue weighted by molar-refractivity contribution is -0.161. The van der Waals surface area contributed by atoms with E-state index in [0.29, 0.717) is 17.3 Å². The largest absolute Gasteiger partial charge is 0.383 e. The maximum Gasteiger partial charge on any atom is 0.246 e. The number of amides is 1. The second-order valence-electron chi connectivity index (χ2n) is 8.25. The molecule has 0 spiro atoms. The molecule has 4 aliphatic rings. The van der Waals surface area contributed by atoms with Crippen LogP contribution in [0.1, 0.15) is 58.8 Å². The molecular weight excluding hydrogens is 226 g/mol. The molecule has 0 aromatic carbocycles. The number of primary amides is 1. The van der Waals surface area contributed by atoms with E-state index in [2.05, 4.69) is 13.8 Å². The number of rotatable bonds is 3. The molecule has 4 rings (SSSR count). The smallest absolute Gasteiger partial charge is 0.246 e. The number of aliphatic hydroxyl groups excluding tert-OH is 1. The van der Waals surface area contributed by atoms with Gasteiger partial charge in [-0.3, -0.25) is 4.79 Å². The molecule has 0 radical (unpaired) electrons. The molecule has 0 aromatic heterocycles. The van der Waals surface area contributed by atoms with Crippen molar-refractivity contribution >= 4 is 5.91 Å². The van der Waals surface area contributed by atoms with E-state index in [0.717, 1.165) is 5.92 Å². The highest BCUT2D eigenvalue weighted by Gasteiger charge is 2.60. The lowest BCUT2D eigenvalue weighted by Crippen LogP contribution is -2.56. The van der Waals surface area contributed by atoms with Gasteiger partial charge in [0.1, 0.15) is 6.10 Å². The van der Waals surface area contributed by atoms with E-state index in [1.807, 2.05) is 0 Å². The number of carbonyl (C=O) groups is 1. The van der Waals surface area contributed by atoms with Gasteiger partial charge < -0.3 is 10.8 Å². The van der Waals surface area contributed by atoms with Crippen LogP contribution < -0.4 is 5.73 Å². The minimum absolute atomic E-state index is 0.178. The lowest BCUT2D eigenvalue weighted by Gasteiger charge is -2.65. The predicted octanol–water partition coefficient (Wildman–Crippen LogP) is 2.22. The predicted molar refractivity (Wildman–Crippen MR) is 69.7 cm³/mol. The fourth-order valence-electron chi connectivity index (χ4n) is 6.42. The molecule has 102 valence electrons. The van der Waals surface area contributed by atoms with Gasteiger partial charge in [-0.05, 0) is 67.1 Å². The minimum atomic E-state index is -0.951. The van der Waals surface area contributed by atoms with Crippen LogP contribution in [0.4, 0.5) is 0 Å². The van der Waals surface area contributed by atoms with E-state index in [-0.39, 0.29) is 5.41 Å². The maximum atomic E-state index is 11.2. The van der Waals surface area contributed by atoms with Crippen LogP contribution in [-0.2, 0) is 4.79 Å². The molecule has 4 aliphatic carbocycles. The monoisotopic (exact) mass is 251 g/mol. The number of aliphatic hydroxyl groups is 1. The van der Waals surface area contributed by atoms with Crippen molar-refractivity contribution in [2.75, 3.05) is 0 Å². The van der Waals surface area contributed by atoms with Gasteiger partial charge in [0, 0.05) is 0 Å². The highest BCUT2D eigenvalue weighted by molar-refractivity contribution is 5.78. The Balaban J connectivity index is 1.87. The Hall–Kier alpha value is -0.570. The van der Waals surface area contributed by atoms with Crippen LogP contribution in [0.3, 0.4) is 0 Å². The molecule has 3 unspecified atom stereocenters. The van der Waals surface area contributed by atoms with Crippen LogP contribution in [0.2, 0.25) is 0 Å². The average Bonchev–Trinajstić information content (AvgIpc) is 2.09. The zero-order valence-electron chi connectivity index (χ0n) is 11.5. The molecule has 1 amide bonds. The summed E-state index contributed by atoms with van der Waals surface area (Å²) in [5.41, 5.74) is 6.29. The van der Waals surface area contributed by atoms with E-state index in [1.165, 1.54) is 38.5 Å². The molecule has 0 saturated heterocycles. The maximum absolute atomic E-state index is 11.2. The summed E-state index contributed by atoms with van der Waals surface area (Å²) >= 11 is 0. The standard InChI is InChI=1S/C15H25NO2/c1-13-3-10-4-14(2,7-13)9-15(5-10,8-13)6-11(17)12(16)18/h10-11,17H,3-9H2,1-2H3,(H2,16,18)/t10?,11?,13-,14+,15?. The van der Waals surface area contributed by atoms with Crippen LogP contribution in [0, 0.1) is 22.2 Å². The van der Waals surface area contributed by atoms with Crippen molar-refractivity contribution in [3.63, 3.8) is 0 Å². The molecule has 0 heterocycles. The molecule has 4 fully saturated rings. The zero-order chi connectivity index (χ0) is 13.2. The zero-order valence-corrected chi connectivity index (χ0v) is 11.5. The van der Waals surface area contributed by atoms with E-state index in [1.54, 1.807) is 0 Å². The van der Waals surface area contributed by atoms with Crippen molar-refractivity contribution in [1.82, 2.24) is 0 Å². The van der Waals surface area contributed by atoms with E-state index in [4.69, 9.17) is 5.73 Å². The molecule has 18 heavy (non-hydrogen) atoms. The first kappa shape index (κ1) is 12.5. The third-order valence-electron chi connectivity index (χ3n) is 5.70. The van der Waals surface area contributed by atoms with Gasteiger partial charge in [0.2, 0.25) is 5.91 Å². The molecule has 4 bridgehead atoms. The number of hydrogen-bond donors (Lipinski definition) is 2. The first-order chi connectivity index (χ1) is 8.23. The van der Waals surface area contributed by atoms with Crippen LogP contribution >= 0.6 is 0 Å². The van der Waals surface area contributed by atoms with Gasteiger partial charge >= 0.3 is 0 Å². The van der Waals surface area contributed by atoms with Gasteiger partial charge in [0.25, 0.3) is 0 Å². The summed E-state index contributed by atoms with van der Waals surface area (Å²) in [5, 5.41) is 9.88. The van der Waals surface area contributed by atoms with Gasteiger partial charge in [0.05, 0.1) is 0 Å². The minimum Gasteiger partial charge on any atom is -0.383 e. The number of carbonyl (C=O) groups excluding carboxylic acids is 1. The Labute approximate surface area is 109 Å². The molecule has 0 aromatic rings. The first-order valence-corrected chi connectivity index (χ1v) is 7.21. The van der Waals surface area contributed by atoms with Gasteiger partial charge in [-0.15, -0.1) is 0 Å². The highest BCUT2D eigenvalue weighted by atomic mass is 16.3. The van der Waals surface area contributed by atoms with Crippen LogP contribution in [-0.4, -0.2) is 17.1 Å². The van der Waals surface area contributed by atoms with Crippen molar-refractivity contribution < 1.29 is 9.90 Å². The van der Waals surface area contributed by atoms with Gasteiger partial charge in [0.15, 0.2) is 0 Å². The summed E-state index contributed by atoms with van der Waals surface area (Å²) in [6, 6.07) is 0. The number of nitrogens with two attached hydrogens (primary N) is 1. The Morgan fingerprint density at radius 3 is 2.22 bits per heavy atom. The third kappa shape index (κ3) is 1.87. The van der Waals surface area contributed by atoms with Crippen molar-refractivity contribution in [1.29, 1.82) is 0 Å². The normalized spacial score (nSPS) is 51.4. The summed E-state index contributed by atoms with van der Waals surface area (Å²) in [4.78, 5) is 11.2. The van der Waals surface area contributed by atoms with Gasteiger partial charge in [-0.25, -0.2) is 0 Å². The Morgan fingerprint density at radius 2 is 1.78 bits per heavy atom. The fourth-order valence-corrected chi connectivity index (χ4v) is 6.42. The second-order valence-corrected chi connectivity index (χ2v) is 8.25. The van der Waals surface area contributed by atoms with E-state index in [9.17, 15) is 9.90 Å². The van der Waals surface area contributed by atoms with Crippen LogP contribution in [0.15, 0.2) is 0 Å². The van der Waals surface area contributed by atoms with Crippen molar-refractivity contribution in [3.05, 3.63) is 0 Å². The topological polar surface area (TPSA) is 63.3 Å². The Kier molecular flexibility index (Phi) is 2.42. The molecule has 3 N–H and O–H groups in total. The second kappa shape index (κ2) is 3.50. The summed E-state index contributed by atoms with van der Waals surface area (Å²) in [6.45, 7) is 4.81. The first-order valence-electron chi connectivity index (χ1n) is 7.21. The molecule has 3 nitrogen and oxygen atoms in total. The molecular formula is C15H25NO2. The van der Waals surface area contributed by atoms with E-state index < -0.39 is 12.0 Å².